The van der Waals surface area contributed by atoms with Crippen LogP contribution in [0.5, 0.6) is 0 Å². The minimum Gasteiger partial charge on any atom is -0.364 e. The van der Waals surface area contributed by atoms with Gasteiger partial charge in [-0.25, -0.2) is 0 Å². The van der Waals surface area contributed by atoms with Crippen LogP contribution in [0.3, 0.4) is 0 Å². The summed E-state index contributed by atoms with van der Waals surface area (Å²) in [6.45, 7) is 0. The van der Waals surface area contributed by atoms with Gasteiger partial charge in [-0.2, -0.15) is 0 Å². The van der Waals surface area contributed by atoms with E-state index in [1.54, 1.807) is 6.20 Å². The van der Waals surface area contributed by atoms with Crippen LogP contribution < -0.4 is 0 Å². The van der Waals surface area contributed by atoms with Gasteiger partial charge in [0.15, 0.2) is 0 Å². The highest BCUT2D eigenvalue weighted by atomic mass is 16.2. The Balaban J connectivity index is 2.45. The van der Waals surface area contributed by atoms with E-state index in [1.807, 2.05) is 6.07 Å². The van der Waals surface area contributed by atoms with Gasteiger partial charge in [-0.15, -0.1) is 0 Å². The maximum absolute atomic E-state index is 10.9. The van der Waals surface area contributed by atoms with Crippen molar-refractivity contribution in [3.8, 4) is 0 Å². The van der Waals surface area contributed by atoms with Crippen LogP contribution in [0.2, 0.25) is 0 Å². The molecule has 0 fully saturated rings. The van der Waals surface area contributed by atoms with Crippen LogP contribution in [0, 0.1) is 0 Å². The number of hydrogen-bond acceptors (Lipinski definition) is 2. The van der Waals surface area contributed by atoms with Gasteiger partial charge in [-0.05, 0) is 11.6 Å². The number of hydrogen-bond donors (Lipinski definition) is 1. The number of aromatic nitrogens is 1. The van der Waals surface area contributed by atoms with Gasteiger partial charge in [0.25, 0.3) is 0 Å². The van der Waals surface area contributed by atoms with Crippen LogP contribution in [-0.4, -0.2) is 16.6 Å². The lowest BCUT2D eigenvalue weighted by molar-refractivity contribution is -0.136. The molecule has 1 N–H and O–H groups in total. The summed E-state index contributed by atoms with van der Waals surface area (Å²) in [7, 11) is 0. The Hall–Kier alpha value is -1.38. The molecule has 1 heterocycles. The molecule has 0 bridgehead atoms. The fourth-order valence-corrected chi connectivity index (χ4v) is 1.30. The predicted molar refractivity (Wildman–Crippen MR) is 38.2 cm³/mol. The Morgan fingerprint density at radius 3 is 2.73 bits per heavy atom. The largest absolute Gasteiger partial charge is 0.364 e. The van der Waals surface area contributed by atoms with Crippen LogP contribution in [0.25, 0.3) is 0 Å². The van der Waals surface area contributed by atoms with Crippen molar-refractivity contribution in [1.82, 2.24) is 4.98 Å². The molecule has 0 unspecified atom stereocenters. The number of nitrogens with one attached hydrogen (secondary N) is 1. The van der Waals surface area contributed by atoms with Crippen molar-refractivity contribution in [2.24, 2.45) is 0 Å². The van der Waals surface area contributed by atoms with Gasteiger partial charge in [0, 0.05) is 18.3 Å². The Labute approximate surface area is 63.4 Å². The van der Waals surface area contributed by atoms with Gasteiger partial charge < -0.3 is 4.98 Å². The first kappa shape index (κ1) is 6.34. The van der Waals surface area contributed by atoms with E-state index >= 15 is 0 Å². The number of fused-ring (bicyclic) bond motifs is 1. The van der Waals surface area contributed by atoms with E-state index in [2.05, 4.69) is 4.98 Å². The van der Waals surface area contributed by atoms with Gasteiger partial charge in [0.2, 0.25) is 11.6 Å². The SMILES string of the molecule is O=C1Cc2cc[nH]c2CC1=O. The summed E-state index contributed by atoms with van der Waals surface area (Å²) in [6.07, 6.45) is 2.29. The summed E-state index contributed by atoms with van der Waals surface area (Å²) in [4.78, 5) is 24.7. The minimum atomic E-state index is -0.278. The van der Waals surface area contributed by atoms with E-state index in [0.29, 0.717) is 0 Å². The number of ketones is 2. The predicted octanol–water partition coefficient (Wildman–Crippen LogP) is 0.251. The van der Waals surface area contributed by atoms with Gasteiger partial charge >= 0.3 is 0 Å². The molecule has 0 amide bonds. The number of Topliss-reactive ketones (excluding diaryl/α,β-unsaturated/α-hetero) is 2. The van der Waals surface area contributed by atoms with Crippen molar-refractivity contribution >= 4 is 11.6 Å². The second-order valence-corrected chi connectivity index (χ2v) is 2.68. The molecule has 3 heteroatoms. The topological polar surface area (TPSA) is 49.9 Å². The number of H-pyrrole nitrogens is 1. The van der Waals surface area contributed by atoms with Crippen molar-refractivity contribution in [1.29, 1.82) is 0 Å². The smallest absolute Gasteiger partial charge is 0.204 e. The third-order valence-electron chi connectivity index (χ3n) is 1.93. The molecule has 1 aliphatic rings. The van der Waals surface area contributed by atoms with E-state index in [9.17, 15) is 9.59 Å². The van der Waals surface area contributed by atoms with E-state index in [4.69, 9.17) is 0 Å². The standard InChI is InChI=1S/C8H7NO2/c10-7-3-5-1-2-9-6(5)4-8(7)11/h1-2,9H,3-4H2. The molecule has 0 aliphatic heterocycles. The fraction of sp³-hybridized carbons (Fsp3) is 0.250. The first-order valence-electron chi connectivity index (χ1n) is 3.48. The molecule has 56 valence electrons. The van der Waals surface area contributed by atoms with Crippen LogP contribution in [0.1, 0.15) is 11.3 Å². The maximum atomic E-state index is 10.9. The zero-order valence-corrected chi connectivity index (χ0v) is 5.89. The normalized spacial score (nSPS) is 16.7. The molecule has 0 atom stereocenters. The van der Waals surface area contributed by atoms with Gasteiger partial charge in [0.1, 0.15) is 0 Å². The molecule has 3 nitrogen and oxygen atoms in total. The van der Waals surface area contributed by atoms with Gasteiger partial charge in [0.05, 0.1) is 6.42 Å². The zero-order chi connectivity index (χ0) is 7.84. The number of carbonyl (C=O) groups is 2. The van der Waals surface area contributed by atoms with E-state index < -0.39 is 0 Å². The first-order valence-corrected chi connectivity index (χ1v) is 3.48. The summed E-state index contributed by atoms with van der Waals surface area (Å²) >= 11 is 0. The van der Waals surface area contributed by atoms with E-state index in [-0.39, 0.29) is 24.4 Å². The molecule has 1 aromatic rings. The van der Waals surface area contributed by atoms with Crippen LogP contribution in [0.15, 0.2) is 12.3 Å². The Morgan fingerprint density at radius 1 is 1.18 bits per heavy atom. The highest BCUT2D eigenvalue weighted by Gasteiger charge is 2.23. The molecule has 0 saturated heterocycles. The Morgan fingerprint density at radius 2 is 1.91 bits per heavy atom. The molecule has 1 aliphatic carbocycles. The molecule has 0 spiro atoms. The summed E-state index contributed by atoms with van der Waals surface area (Å²) in [5.74, 6) is -0.544. The molecule has 0 aromatic carbocycles. The lowest BCUT2D eigenvalue weighted by Crippen LogP contribution is -2.24. The summed E-state index contributed by atoms with van der Waals surface area (Å²) in [5.41, 5.74) is 1.87. The van der Waals surface area contributed by atoms with Gasteiger partial charge in [-0.1, -0.05) is 0 Å². The average Bonchev–Trinajstić information content (AvgIpc) is 2.36. The number of aromatic amines is 1. The Bertz CT molecular complexity index is 294. The second kappa shape index (κ2) is 2.05. The zero-order valence-electron chi connectivity index (χ0n) is 5.89. The number of rotatable bonds is 0. The highest BCUT2D eigenvalue weighted by molar-refractivity contribution is 6.39. The van der Waals surface area contributed by atoms with Crippen LogP contribution in [-0.2, 0) is 22.4 Å². The third-order valence-corrected chi connectivity index (χ3v) is 1.93. The van der Waals surface area contributed by atoms with Crippen molar-refractivity contribution in [2.75, 3.05) is 0 Å². The van der Waals surface area contributed by atoms with Crippen LogP contribution >= 0.6 is 0 Å². The van der Waals surface area contributed by atoms with E-state index in [1.165, 1.54) is 0 Å². The number of carbonyl (C=O) groups excluding carboxylic acids is 2. The average molecular weight is 149 g/mol. The quantitative estimate of drug-likeness (QED) is 0.537. The lowest BCUT2D eigenvalue weighted by atomic mass is 9.96. The lowest BCUT2D eigenvalue weighted by Gasteiger charge is -2.07. The molecule has 0 saturated carbocycles. The highest BCUT2D eigenvalue weighted by Crippen LogP contribution is 2.14. The fourth-order valence-electron chi connectivity index (χ4n) is 1.30. The maximum Gasteiger partial charge on any atom is 0.204 e. The summed E-state index contributed by atoms with van der Waals surface area (Å²) in [5, 5.41) is 0. The third kappa shape index (κ3) is 0.888. The molecule has 2 rings (SSSR count). The van der Waals surface area contributed by atoms with Crippen molar-refractivity contribution < 1.29 is 9.59 Å². The first-order chi connectivity index (χ1) is 5.27. The molecular formula is C8H7NO2. The molecule has 1 aromatic heterocycles. The summed E-state index contributed by atoms with van der Waals surface area (Å²) < 4.78 is 0. The molecular weight excluding hydrogens is 142 g/mol. The molecule has 11 heavy (non-hydrogen) atoms. The van der Waals surface area contributed by atoms with Crippen molar-refractivity contribution in [3.63, 3.8) is 0 Å². The Kier molecular flexibility index (Phi) is 1.18. The monoisotopic (exact) mass is 149 g/mol. The van der Waals surface area contributed by atoms with Crippen LogP contribution in [0.4, 0.5) is 0 Å². The minimum absolute atomic E-state index is 0.251. The van der Waals surface area contributed by atoms with Crippen molar-refractivity contribution in [2.45, 2.75) is 12.8 Å². The van der Waals surface area contributed by atoms with Gasteiger partial charge in [-0.3, -0.25) is 9.59 Å². The summed E-state index contributed by atoms with van der Waals surface area (Å²) in [6, 6.07) is 1.85. The second-order valence-electron chi connectivity index (χ2n) is 2.68. The van der Waals surface area contributed by atoms with Crippen molar-refractivity contribution in [3.05, 3.63) is 23.5 Å². The molecule has 0 radical (unpaired) electrons. The van der Waals surface area contributed by atoms with E-state index in [0.717, 1.165) is 11.3 Å².